The molecule has 0 saturated carbocycles. The highest BCUT2D eigenvalue weighted by Gasteiger charge is 2.29. The molecule has 25 heavy (non-hydrogen) atoms. The van der Waals surface area contributed by atoms with Gasteiger partial charge in [0.1, 0.15) is 12.5 Å². The Morgan fingerprint density at radius 1 is 0.960 bits per heavy atom. The van der Waals surface area contributed by atoms with E-state index in [1.807, 2.05) is 60.9 Å². The molecule has 2 aromatic heterocycles. The first-order chi connectivity index (χ1) is 12.3. The number of aromatic amines is 2. The lowest BCUT2D eigenvalue weighted by Crippen LogP contribution is -2.17. The fourth-order valence-corrected chi connectivity index (χ4v) is 3.31. The lowest BCUT2D eigenvalue weighted by molar-refractivity contribution is -0.143. The maximum Gasteiger partial charge on any atom is 0.318 e. The molecule has 2 N–H and O–H groups in total. The third-order valence-corrected chi connectivity index (χ3v) is 4.44. The van der Waals surface area contributed by atoms with E-state index in [1.165, 1.54) is 0 Å². The highest BCUT2D eigenvalue weighted by molar-refractivity contribution is 5.96. The molecular weight excluding hydrogens is 312 g/mol. The van der Waals surface area contributed by atoms with Crippen molar-refractivity contribution in [3.05, 3.63) is 84.7 Å². The molecule has 0 atom stereocenters. The molecule has 0 bridgehead atoms. The molecule has 0 radical (unpaired) electrons. The summed E-state index contributed by atoms with van der Waals surface area (Å²) in [6.45, 7) is 3.82. The van der Waals surface area contributed by atoms with E-state index in [9.17, 15) is 4.79 Å². The first-order valence-electron chi connectivity index (χ1n) is 8.19. The molecule has 124 valence electrons. The van der Waals surface area contributed by atoms with E-state index < -0.39 is 5.92 Å². The van der Waals surface area contributed by atoms with E-state index in [-0.39, 0.29) is 12.6 Å². The maximum atomic E-state index is 12.9. The van der Waals surface area contributed by atoms with Gasteiger partial charge in [-0.2, -0.15) is 0 Å². The number of aromatic nitrogens is 2. The van der Waals surface area contributed by atoms with Crippen LogP contribution in [0.15, 0.2) is 73.6 Å². The van der Waals surface area contributed by atoms with E-state index in [0.717, 1.165) is 32.9 Å². The van der Waals surface area contributed by atoms with Crippen molar-refractivity contribution in [2.24, 2.45) is 0 Å². The van der Waals surface area contributed by atoms with E-state index >= 15 is 0 Å². The average Bonchev–Trinajstić information content (AvgIpc) is 3.26. The normalized spacial score (nSPS) is 11.2. The van der Waals surface area contributed by atoms with E-state index in [4.69, 9.17) is 4.74 Å². The van der Waals surface area contributed by atoms with Gasteiger partial charge in [0, 0.05) is 34.2 Å². The van der Waals surface area contributed by atoms with Crippen LogP contribution in [0, 0.1) is 0 Å². The SMILES string of the molecule is C=CCOC(=O)C(c1c[nH]c2ccccc12)c1c[nH]c2ccccc12. The van der Waals surface area contributed by atoms with Crippen molar-refractivity contribution >= 4 is 27.8 Å². The summed E-state index contributed by atoms with van der Waals surface area (Å²) < 4.78 is 5.41. The number of hydrogen-bond donors (Lipinski definition) is 2. The van der Waals surface area contributed by atoms with Gasteiger partial charge in [-0.1, -0.05) is 49.1 Å². The molecule has 4 heteroatoms. The summed E-state index contributed by atoms with van der Waals surface area (Å²) >= 11 is 0. The molecule has 0 saturated heterocycles. The summed E-state index contributed by atoms with van der Waals surface area (Å²) in [6, 6.07) is 15.9. The quantitative estimate of drug-likeness (QED) is 0.418. The molecule has 4 rings (SSSR count). The Labute approximate surface area is 145 Å². The number of carbonyl (C=O) groups is 1. The Bertz CT molecular complexity index is 984. The summed E-state index contributed by atoms with van der Waals surface area (Å²) in [5.41, 5.74) is 3.82. The van der Waals surface area contributed by atoms with Crippen molar-refractivity contribution in [1.29, 1.82) is 0 Å². The zero-order valence-corrected chi connectivity index (χ0v) is 13.7. The molecule has 4 aromatic rings. The highest BCUT2D eigenvalue weighted by Crippen LogP contribution is 2.35. The summed E-state index contributed by atoms with van der Waals surface area (Å²) in [5.74, 6) is -0.790. The molecule has 0 aliphatic rings. The molecule has 0 spiro atoms. The number of esters is 1. The summed E-state index contributed by atoms with van der Waals surface area (Å²) in [5, 5.41) is 2.04. The first-order valence-corrected chi connectivity index (χ1v) is 8.19. The molecule has 0 fully saturated rings. The Morgan fingerprint density at radius 3 is 2.00 bits per heavy atom. The summed E-state index contributed by atoms with van der Waals surface area (Å²) in [7, 11) is 0. The Hall–Kier alpha value is -3.27. The molecule has 0 unspecified atom stereocenters. The maximum absolute atomic E-state index is 12.9. The van der Waals surface area contributed by atoms with Crippen molar-refractivity contribution in [3.63, 3.8) is 0 Å². The van der Waals surface area contributed by atoms with Crippen molar-refractivity contribution in [1.82, 2.24) is 9.97 Å². The Balaban J connectivity index is 1.90. The van der Waals surface area contributed by atoms with Crippen molar-refractivity contribution in [3.8, 4) is 0 Å². The second-order valence-corrected chi connectivity index (χ2v) is 5.93. The van der Waals surface area contributed by atoms with Crippen LogP contribution in [0.4, 0.5) is 0 Å². The van der Waals surface area contributed by atoms with Gasteiger partial charge in [0.25, 0.3) is 0 Å². The highest BCUT2D eigenvalue weighted by atomic mass is 16.5. The number of rotatable bonds is 5. The van der Waals surface area contributed by atoms with Crippen molar-refractivity contribution in [2.45, 2.75) is 5.92 Å². The molecule has 0 amide bonds. The number of carbonyl (C=O) groups excluding carboxylic acids is 1. The van der Waals surface area contributed by atoms with Crippen LogP contribution in [-0.2, 0) is 9.53 Å². The van der Waals surface area contributed by atoms with Crippen LogP contribution in [0.3, 0.4) is 0 Å². The monoisotopic (exact) mass is 330 g/mol. The van der Waals surface area contributed by atoms with Crippen LogP contribution in [0.5, 0.6) is 0 Å². The van der Waals surface area contributed by atoms with E-state index in [2.05, 4.69) is 16.5 Å². The van der Waals surface area contributed by atoms with Gasteiger partial charge < -0.3 is 14.7 Å². The van der Waals surface area contributed by atoms with E-state index in [0.29, 0.717) is 0 Å². The molecule has 0 aliphatic carbocycles. The van der Waals surface area contributed by atoms with Gasteiger partial charge in [-0.05, 0) is 23.3 Å². The molecular formula is C21H18N2O2. The van der Waals surface area contributed by atoms with E-state index in [1.54, 1.807) is 6.08 Å². The predicted molar refractivity (Wildman–Crippen MR) is 99.6 cm³/mol. The summed E-state index contributed by atoms with van der Waals surface area (Å²) in [6.07, 6.45) is 5.37. The van der Waals surface area contributed by atoms with Crippen LogP contribution in [0.2, 0.25) is 0 Å². The minimum Gasteiger partial charge on any atom is -0.461 e. The third kappa shape index (κ3) is 2.62. The van der Waals surface area contributed by atoms with Crippen LogP contribution in [-0.4, -0.2) is 22.5 Å². The Morgan fingerprint density at radius 2 is 1.48 bits per heavy atom. The third-order valence-electron chi connectivity index (χ3n) is 4.44. The number of fused-ring (bicyclic) bond motifs is 2. The standard InChI is InChI=1S/C21H18N2O2/c1-2-11-25-21(24)20(16-12-22-18-9-5-3-7-14(16)18)17-13-23-19-10-6-4-8-15(17)19/h2-10,12-13,20,22-23H,1,11H2. The van der Waals surface area contributed by atoms with Gasteiger partial charge in [-0.15, -0.1) is 0 Å². The number of H-pyrrole nitrogens is 2. The predicted octanol–water partition coefficient (Wildman–Crippen LogP) is 4.51. The summed E-state index contributed by atoms with van der Waals surface area (Å²) in [4.78, 5) is 19.4. The van der Waals surface area contributed by atoms with Gasteiger partial charge in [0.05, 0.1) is 0 Å². The van der Waals surface area contributed by atoms with Crippen molar-refractivity contribution in [2.75, 3.05) is 6.61 Å². The van der Waals surface area contributed by atoms with Crippen LogP contribution >= 0.6 is 0 Å². The second kappa shape index (κ2) is 6.32. The van der Waals surface area contributed by atoms with Gasteiger partial charge in [-0.25, -0.2) is 0 Å². The molecule has 2 heterocycles. The molecule has 0 aliphatic heterocycles. The average molecular weight is 330 g/mol. The van der Waals surface area contributed by atoms with Crippen LogP contribution in [0.25, 0.3) is 21.8 Å². The molecule has 2 aromatic carbocycles. The Kier molecular flexibility index (Phi) is 3.86. The fraction of sp³-hybridized carbons (Fsp3) is 0.0952. The number of para-hydroxylation sites is 2. The number of hydrogen-bond acceptors (Lipinski definition) is 2. The smallest absolute Gasteiger partial charge is 0.318 e. The molecule has 4 nitrogen and oxygen atoms in total. The number of ether oxygens (including phenoxy) is 1. The number of benzene rings is 2. The van der Waals surface area contributed by atoms with Gasteiger partial charge in [0.2, 0.25) is 0 Å². The minimum absolute atomic E-state index is 0.194. The first kappa shape index (κ1) is 15.3. The fourth-order valence-electron chi connectivity index (χ4n) is 3.31. The zero-order valence-electron chi connectivity index (χ0n) is 13.7. The van der Waals surface area contributed by atoms with Gasteiger partial charge in [0.15, 0.2) is 0 Å². The lowest BCUT2D eigenvalue weighted by atomic mass is 9.90. The largest absolute Gasteiger partial charge is 0.461 e. The van der Waals surface area contributed by atoms with Gasteiger partial charge >= 0.3 is 5.97 Å². The van der Waals surface area contributed by atoms with Crippen LogP contribution < -0.4 is 0 Å². The van der Waals surface area contributed by atoms with Crippen LogP contribution in [0.1, 0.15) is 17.0 Å². The second-order valence-electron chi connectivity index (χ2n) is 5.93. The minimum atomic E-state index is -0.507. The van der Waals surface area contributed by atoms with Gasteiger partial charge in [-0.3, -0.25) is 4.79 Å². The number of nitrogens with one attached hydrogen (secondary N) is 2. The lowest BCUT2D eigenvalue weighted by Gasteiger charge is -2.15. The zero-order chi connectivity index (χ0) is 17.2. The topological polar surface area (TPSA) is 57.9 Å². The van der Waals surface area contributed by atoms with Crippen molar-refractivity contribution < 1.29 is 9.53 Å².